The Morgan fingerprint density at radius 1 is 1.14 bits per heavy atom. The van der Waals surface area contributed by atoms with Gasteiger partial charge in [-0.15, -0.1) is 0 Å². The van der Waals surface area contributed by atoms with Crippen molar-refractivity contribution in [3.05, 3.63) is 48.2 Å². The van der Waals surface area contributed by atoms with Gasteiger partial charge in [0.2, 0.25) is 5.91 Å². The average Bonchev–Trinajstić information content (AvgIpc) is 2.54. The summed E-state index contributed by atoms with van der Waals surface area (Å²) in [6.45, 7) is 2.05. The molecule has 0 saturated heterocycles. The number of benzene rings is 2. The van der Waals surface area contributed by atoms with Crippen molar-refractivity contribution < 1.29 is 9.53 Å². The Labute approximate surface area is 129 Å². The Morgan fingerprint density at radius 3 is 2.55 bits per heavy atom. The van der Waals surface area contributed by atoms with Crippen molar-refractivity contribution in [3.63, 3.8) is 0 Å². The van der Waals surface area contributed by atoms with E-state index in [1.165, 1.54) is 0 Å². The third-order valence-electron chi connectivity index (χ3n) is 3.91. The molecule has 22 heavy (non-hydrogen) atoms. The lowest BCUT2D eigenvalue weighted by Gasteiger charge is -2.17. The molecule has 1 aromatic heterocycles. The zero-order valence-corrected chi connectivity index (χ0v) is 13.0. The van der Waals surface area contributed by atoms with E-state index >= 15 is 0 Å². The van der Waals surface area contributed by atoms with Crippen LogP contribution in [0.4, 0.5) is 0 Å². The van der Waals surface area contributed by atoms with Gasteiger partial charge in [0.25, 0.3) is 0 Å². The van der Waals surface area contributed by atoms with Crippen LogP contribution < -0.4 is 4.74 Å². The van der Waals surface area contributed by atoms with Crippen molar-refractivity contribution in [2.75, 3.05) is 14.2 Å². The van der Waals surface area contributed by atoms with Crippen LogP contribution in [0.25, 0.3) is 21.7 Å². The first-order valence-corrected chi connectivity index (χ1v) is 7.17. The fourth-order valence-electron chi connectivity index (χ4n) is 2.59. The van der Waals surface area contributed by atoms with Crippen molar-refractivity contribution in [1.29, 1.82) is 0 Å². The van der Waals surface area contributed by atoms with Crippen LogP contribution in [0.5, 0.6) is 5.75 Å². The van der Waals surface area contributed by atoms with Gasteiger partial charge in [0.15, 0.2) is 0 Å². The molecule has 0 N–H and O–H groups in total. The quantitative estimate of drug-likeness (QED) is 0.695. The third kappa shape index (κ3) is 2.48. The molecule has 0 aliphatic carbocycles. The fraction of sp³-hybridized carbons (Fsp3) is 0.222. The van der Waals surface area contributed by atoms with Crippen molar-refractivity contribution in [3.8, 4) is 5.75 Å². The highest BCUT2D eigenvalue weighted by Crippen LogP contribution is 2.29. The van der Waals surface area contributed by atoms with Gasteiger partial charge >= 0.3 is 0 Å². The summed E-state index contributed by atoms with van der Waals surface area (Å²) in [7, 11) is 3.43. The number of aromatic nitrogens is 1. The van der Waals surface area contributed by atoms with Gasteiger partial charge in [-0.1, -0.05) is 24.3 Å². The maximum atomic E-state index is 11.5. The molecule has 0 aliphatic heterocycles. The van der Waals surface area contributed by atoms with Gasteiger partial charge in [-0.3, -0.25) is 9.78 Å². The van der Waals surface area contributed by atoms with E-state index in [-0.39, 0.29) is 5.91 Å². The van der Waals surface area contributed by atoms with E-state index in [1.54, 1.807) is 26.0 Å². The molecule has 4 nitrogen and oxygen atoms in total. The Morgan fingerprint density at radius 2 is 1.86 bits per heavy atom. The molecule has 0 bridgehead atoms. The zero-order valence-electron chi connectivity index (χ0n) is 13.0. The molecule has 4 heteroatoms. The molecule has 0 atom stereocenters. The number of carbonyl (C=O) groups excluding carboxylic acids is 1. The predicted octanol–water partition coefficient (Wildman–Crippen LogP) is 3.37. The van der Waals surface area contributed by atoms with E-state index in [1.807, 2.05) is 30.3 Å². The lowest BCUT2D eigenvalue weighted by Crippen LogP contribution is -2.23. The van der Waals surface area contributed by atoms with Crippen LogP contribution in [0.2, 0.25) is 0 Å². The summed E-state index contributed by atoms with van der Waals surface area (Å²) < 4.78 is 5.29. The summed E-state index contributed by atoms with van der Waals surface area (Å²) in [6, 6.07) is 14.1. The SMILES string of the molecule is COc1ccc2c(c1)nc(CN(C)C(C)=O)c1ccccc12. The van der Waals surface area contributed by atoms with Gasteiger partial charge in [0.1, 0.15) is 5.75 Å². The van der Waals surface area contributed by atoms with Crippen molar-refractivity contribution in [2.24, 2.45) is 0 Å². The van der Waals surface area contributed by atoms with Crippen molar-refractivity contribution in [1.82, 2.24) is 9.88 Å². The van der Waals surface area contributed by atoms with Gasteiger partial charge < -0.3 is 9.64 Å². The van der Waals surface area contributed by atoms with Crippen LogP contribution >= 0.6 is 0 Å². The molecule has 0 unspecified atom stereocenters. The van der Waals surface area contributed by atoms with Crippen LogP contribution in [0.15, 0.2) is 42.5 Å². The number of hydrogen-bond acceptors (Lipinski definition) is 3. The van der Waals surface area contributed by atoms with Gasteiger partial charge in [0, 0.05) is 30.8 Å². The van der Waals surface area contributed by atoms with Crippen LogP contribution in [0.1, 0.15) is 12.6 Å². The standard InChI is InChI=1S/C18H18N2O2/c1-12(21)20(2)11-18-15-7-5-4-6-14(15)16-9-8-13(22-3)10-17(16)19-18/h4-10H,11H2,1-3H3. The van der Waals surface area contributed by atoms with Crippen LogP contribution in [0.3, 0.4) is 0 Å². The predicted molar refractivity (Wildman–Crippen MR) is 87.9 cm³/mol. The number of pyridine rings is 1. The highest BCUT2D eigenvalue weighted by atomic mass is 16.5. The molecule has 1 amide bonds. The molecule has 0 radical (unpaired) electrons. The largest absolute Gasteiger partial charge is 0.497 e. The minimum absolute atomic E-state index is 0.0246. The number of fused-ring (bicyclic) bond motifs is 3. The van der Waals surface area contributed by atoms with Crippen LogP contribution in [-0.4, -0.2) is 29.9 Å². The highest BCUT2D eigenvalue weighted by molar-refractivity contribution is 6.07. The number of carbonyl (C=O) groups is 1. The maximum absolute atomic E-state index is 11.5. The number of rotatable bonds is 3. The normalized spacial score (nSPS) is 10.9. The monoisotopic (exact) mass is 294 g/mol. The summed E-state index contributed by atoms with van der Waals surface area (Å²) in [4.78, 5) is 18.0. The first kappa shape index (κ1) is 14.3. The molecular formula is C18H18N2O2. The number of ether oxygens (including phenoxy) is 1. The van der Waals surface area contributed by atoms with Gasteiger partial charge in [-0.2, -0.15) is 0 Å². The van der Waals surface area contributed by atoms with E-state index in [9.17, 15) is 4.79 Å². The topological polar surface area (TPSA) is 42.4 Å². The Hall–Kier alpha value is -2.62. The van der Waals surface area contributed by atoms with Gasteiger partial charge in [-0.05, 0) is 17.5 Å². The smallest absolute Gasteiger partial charge is 0.219 e. The maximum Gasteiger partial charge on any atom is 0.219 e. The summed E-state index contributed by atoms with van der Waals surface area (Å²) in [6.07, 6.45) is 0. The fourth-order valence-corrected chi connectivity index (χ4v) is 2.59. The third-order valence-corrected chi connectivity index (χ3v) is 3.91. The van der Waals surface area contributed by atoms with Gasteiger partial charge in [-0.25, -0.2) is 0 Å². The lowest BCUT2D eigenvalue weighted by molar-refractivity contribution is -0.128. The minimum atomic E-state index is 0.0246. The number of hydrogen-bond donors (Lipinski definition) is 0. The second-order valence-electron chi connectivity index (χ2n) is 5.36. The van der Waals surface area contributed by atoms with E-state index < -0.39 is 0 Å². The van der Waals surface area contributed by atoms with Gasteiger partial charge in [0.05, 0.1) is 24.9 Å². The average molecular weight is 294 g/mol. The molecule has 0 aliphatic rings. The molecular weight excluding hydrogens is 276 g/mol. The van der Waals surface area contributed by atoms with E-state index in [0.29, 0.717) is 6.54 Å². The van der Waals surface area contributed by atoms with E-state index in [2.05, 4.69) is 12.1 Å². The molecule has 0 fully saturated rings. The van der Waals surface area contributed by atoms with Crippen LogP contribution in [0, 0.1) is 0 Å². The number of amides is 1. The summed E-state index contributed by atoms with van der Waals surface area (Å²) >= 11 is 0. The Balaban J connectivity index is 2.26. The summed E-state index contributed by atoms with van der Waals surface area (Å²) in [5.41, 5.74) is 1.78. The number of methoxy groups -OCH3 is 1. The summed E-state index contributed by atoms with van der Waals surface area (Å²) in [5, 5.41) is 3.31. The molecule has 112 valence electrons. The Kier molecular flexibility index (Phi) is 3.67. The molecule has 3 aromatic rings. The molecule has 0 spiro atoms. The Bertz CT molecular complexity index is 858. The molecule has 3 rings (SSSR count). The first-order chi connectivity index (χ1) is 10.6. The first-order valence-electron chi connectivity index (χ1n) is 7.17. The molecule has 0 saturated carbocycles. The lowest BCUT2D eigenvalue weighted by atomic mass is 10.0. The summed E-state index contributed by atoms with van der Waals surface area (Å²) in [5.74, 6) is 0.803. The number of nitrogens with zero attached hydrogens (tertiary/aromatic N) is 2. The van der Waals surface area contributed by atoms with Crippen molar-refractivity contribution in [2.45, 2.75) is 13.5 Å². The van der Waals surface area contributed by atoms with E-state index in [4.69, 9.17) is 9.72 Å². The van der Waals surface area contributed by atoms with E-state index in [0.717, 1.165) is 33.1 Å². The van der Waals surface area contributed by atoms with Crippen molar-refractivity contribution >= 4 is 27.6 Å². The second kappa shape index (κ2) is 5.64. The molecule has 2 aromatic carbocycles. The second-order valence-corrected chi connectivity index (χ2v) is 5.36. The molecule has 1 heterocycles. The zero-order chi connectivity index (χ0) is 15.7. The van der Waals surface area contributed by atoms with Crippen LogP contribution in [-0.2, 0) is 11.3 Å². The minimum Gasteiger partial charge on any atom is -0.497 e. The highest BCUT2D eigenvalue weighted by Gasteiger charge is 2.12.